The summed E-state index contributed by atoms with van der Waals surface area (Å²) in [6, 6.07) is 4.85. The molecule has 1 amide bonds. The molecule has 5 heteroatoms. The van der Waals surface area contributed by atoms with Crippen LogP contribution in [0.2, 0.25) is 0 Å². The summed E-state index contributed by atoms with van der Waals surface area (Å²) in [4.78, 5) is 13.3. The topological polar surface area (TPSA) is 20.3 Å². The van der Waals surface area contributed by atoms with Crippen LogP contribution in [-0.4, -0.2) is 23.9 Å². The van der Waals surface area contributed by atoms with Gasteiger partial charge in [-0.3, -0.25) is 4.79 Å². The maximum atomic E-state index is 12.5. The van der Waals surface area contributed by atoms with Crippen molar-refractivity contribution >= 4 is 5.91 Å². The fourth-order valence-electron chi connectivity index (χ4n) is 2.44. The molecule has 1 aliphatic rings. The van der Waals surface area contributed by atoms with Crippen LogP contribution < -0.4 is 0 Å². The molecule has 0 unspecified atom stereocenters. The highest BCUT2D eigenvalue weighted by Gasteiger charge is 2.30. The van der Waals surface area contributed by atoms with E-state index in [0.29, 0.717) is 18.7 Å². The van der Waals surface area contributed by atoms with Crippen molar-refractivity contribution in [1.29, 1.82) is 0 Å². The molecular formula is C22H28F3NO. The number of carbonyl (C=O) groups excluding carboxylic acids is 1. The summed E-state index contributed by atoms with van der Waals surface area (Å²) < 4.78 is 37.5. The Labute approximate surface area is 160 Å². The molecule has 148 valence electrons. The van der Waals surface area contributed by atoms with E-state index in [-0.39, 0.29) is 11.3 Å². The summed E-state index contributed by atoms with van der Waals surface area (Å²) >= 11 is 0. The summed E-state index contributed by atoms with van der Waals surface area (Å²) in [5, 5.41) is 0. The normalized spacial score (nSPS) is 15.0. The van der Waals surface area contributed by atoms with Crippen LogP contribution in [0.15, 0.2) is 50.1 Å². The first-order valence-corrected chi connectivity index (χ1v) is 8.85. The van der Waals surface area contributed by atoms with Crippen molar-refractivity contribution in [2.45, 2.75) is 39.8 Å². The van der Waals surface area contributed by atoms with Gasteiger partial charge in [-0.25, -0.2) is 0 Å². The maximum Gasteiger partial charge on any atom is 0.416 e. The number of benzene rings is 1. The van der Waals surface area contributed by atoms with Gasteiger partial charge in [0.2, 0.25) is 5.91 Å². The molecule has 1 fully saturated rings. The van der Waals surface area contributed by atoms with Crippen LogP contribution >= 0.6 is 0 Å². The fraction of sp³-hybridized carbons (Fsp3) is 0.409. The van der Waals surface area contributed by atoms with Gasteiger partial charge in [0.25, 0.3) is 0 Å². The van der Waals surface area contributed by atoms with Crippen molar-refractivity contribution in [3.8, 4) is 11.8 Å². The lowest BCUT2D eigenvalue weighted by Gasteiger charge is -2.35. The Morgan fingerprint density at radius 2 is 1.63 bits per heavy atom. The number of alkyl halides is 3. The minimum Gasteiger partial charge on any atom is -0.339 e. The van der Waals surface area contributed by atoms with E-state index >= 15 is 0 Å². The average molecular weight is 379 g/mol. The Balaban J connectivity index is 0.00000158. The third-order valence-corrected chi connectivity index (χ3v) is 4.07. The van der Waals surface area contributed by atoms with Crippen LogP contribution in [0, 0.1) is 17.3 Å². The number of hydrogen-bond donors (Lipinski definition) is 0. The lowest BCUT2D eigenvalue weighted by atomic mass is 9.81. The molecule has 1 heterocycles. The van der Waals surface area contributed by atoms with Gasteiger partial charge in [0.15, 0.2) is 0 Å². The van der Waals surface area contributed by atoms with Crippen molar-refractivity contribution in [1.82, 2.24) is 4.90 Å². The van der Waals surface area contributed by atoms with E-state index < -0.39 is 11.7 Å². The predicted octanol–water partition coefficient (Wildman–Crippen LogP) is 5.70. The molecule has 0 N–H and O–H groups in total. The molecule has 1 aromatic carbocycles. The zero-order chi connectivity index (χ0) is 21.1. The molecular weight excluding hydrogens is 351 g/mol. The van der Waals surface area contributed by atoms with Crippen LogP contribution in [0.3, 0.4) is 0 Å². The van der Waals surface area contributed by atoms with Crippen molar-refractivity contribution in [2.75, 3.05) is 13.1 Å². The van der Waals surface area contributed by atoms with Crippen LogP contribution in [0.25, 0.3) is 0 Å². The van der Waals surface area contributed by atoms with E-state index in [1.54, 1.807) is 4.90 Å². The SMILES string of the molecule is C=C.C=CC(=O)N1CCC(C)(C#Cc2ccc(C(F)(F)F)cc2)CC1.CC. The Hall–Kier alpha value is -2.48. The molecule has 2 nitrogen and oxygen atoms in total. The van der Waals surface area contributed by atoms with Gasteiger partial charge in [-0.15, -0.1) is 13.2 Å². The Kier molecular flexibility index (Phi) is 10.2. The van der Waals surface area contributed by atoms with Crippen LogP contribution in [0.5, 0.6) is 0 Å². The minimum atomic E-state index is -4.33. The molecule has 0 spiro atoms. The Morgan fingerprint density at radius 3 is 2.04 bits per heavy atom. The second-order valence-electron chi connectivity index (χ2n) is 5.92. The highest BCUT2D eigenvalue weighted by atomic mass is 19.4. The van der Waals surface area contributed by atoms with Crippen molar-refractivity contribution < 1.29 is 18.0 Å². The van der Waals surface area contributed by atoms with E-state index in [1.807, 2.05) is 20.8 Å². The zero-order valence-electron chi connectivity index (χ0n) is 16.3. The first kappa shape index (κ1) is 24.5. The molecule has 1 aliphatic heterocycles. The van der Waals surface area contributed by atoms with Gasteiger partial charge in [0.1, 0.15) is 0 Å². The number of piperidine rings is 1. The standard InChI is InChI=1S/C18H18F3NO.C2H6.C2H4/c1-3-16(23)22-12-10-17(2,11-13-22)9-8-14-4-6-15(7-5-14)18(19,20)21;2*1-2/h3-7H,1,10-13H2,2H3;1-2H3;1-2H2. The monoisotopic (exact) mass is 379 g/mol. The largest absolute Gasteiger partial charge is 0.416 e. The number of nitrogens with zero attached hydrogens (tertiary/aromatic N) is 1. The first-order chi connectivity index (χ1) is 12.7. The van der Waals surface area contributed by atoms with E-state index in [0.717, 1.165) is 25.0 Å². The highest BCUT2D eigenvalue weighted by molar-refractivity contribution is 5.87. The van der Waals surface area contributed by atoms with Gasteiger partial charge in [-0.1, -0.05) is 32.3 Å². The molecule has 27 heavy (non-hydrogen) atoms. The summed E-state index contributed by atoms with van der Waals surface area (Å²) in [5.74, 6) is 6.02. The second-order valence-corrected chi connectivity index (χ2v) is 5.92. The first-order valence-electron chi connectivity index (χ1n) is 8.85. The lowest BCUT2D eigenvalue weighted by Crippen LogP contribution is -2.40. The van der Waals surface area contributed by atoms with Gasteiger partial charge in [0.05, 0.1) is 5.56 Å². The molecule has 2 rings (SSSR count). The van der Waals surface area contributed by atoms with Crippen molar-refractivity contribution in [2.24, 2.45) is 5.41 Å². The van der Waals surface area contributed by atoms with Gasteiger partial charge >= 0.3 is 6.18 Å². The van der Waals surface area contributed by atoms with Crippen LogP contribution in [0.4, 0.5) is 13.2 Å². The summed E-state index contributed by atoms with van der Waals surface area (Å²) in [5.41, 5.74) is -0.352. The molecule has 0 aromatic heterocycles. The molecule has 0 atom stereocenters. The summed E-state index contributed by atoms with van der Waals surface area (Å²) in [6.07, 6.45) is -1.56. The van der Waals surface area contributed by atoms with Crippen molar-refractivity contribution in [3.05, 3.63) is 61.2 Å². The fourth-order valence-corrected chi connectivity index (χ4v) is 2.44. The highest BCUT2D eigenvalue weighted by Crippen LogP contribution is 2.31. The van der Waals surface area contributed by atoms with Gasteiger partial charge in [0, 0.05) is 24.1 Å². The number of amides is 1. The zero-order valence-corrected chi connectivity index (χ0v) is 16.3. The third-order valence-electron chi connectivity index (χ3n) is 4.07. The minimum absolute atomic E-state index is 0.0808. The average Bonchev–Trinajstić information content (AvgIpc) is 2.69. The van der Waals surface area contributed by atoms with E-state index in [2.05, 4.69) is 31.6 Å². The van der Waals surface area contributed by atoms with Gasteiger partial charge in [-0.05, 0) is 50.1 Å². The molecule has 0 aliphatic carbocycles. The van der Waals surface area contributed by atoms with E-state index in [4.69, 9.17) is 0 Å². The molecule has 0 radical (unpaired) electrons. The number of carbonyl (C=O) groups is 1. The van der Waals surface area contributed by atoms with Crippen LogP contribution in [0.1, 0.15) is 44.7 Å². The van der Waals surface area contributed by atoms with Gasteiger partial charge in [-0.2, -0.15) is 13.2 Å². The van der Waals surface area contributed by atoms with E-state index in [1.165, 1.54) is 18.2 Å². The molecule has 1 saturated heterocycles. The Bertz CT molecular complexity index is 658. The number of hydrogen-bond acceptors (Lipinski definition) is 1. The Morgan fingerprint density at radius 1 is 1.15 bits per heavy atom. The lowest BCUT2D eigenvalue weighted by molar-refractivity contribution is -0.137. The number of halogens is 3. The van der Waals surface area contributed by atoms with Gasteiger partial charge < -0.3 is 4.90 Å². The third kappa shape index (κ3) is 7.74. The predicted molar refractivity (Wildman–Crippen MR) is 105 cm³/mol. The molecule has 0 saturated carbocycles. The number of likely N-dealkylation sites (tertiary alicyclic amines) is 1. The van der Waals surface area contributed by atoms with Crippen molar-refractivity contribution in [3.63, 3.8) is 0 Å². The molecule has 1 aromatic rings. The second kappa shape index (κ2) is 11.3. The number of rotatable bonds is 1. The summed E-state index contributed by atoms with van der Waals surface area (Å²) in [7, 11) is 0. The smallest absolute Gasteiger partial charge is 0.339 e. The van der Waals surface area contributed by atoms with E-state index in [9.17, 15) is 18.0 Å². The summed E-state index contributed by atoms with van der Waals surface area (Å²) in [6.45, 7) is 16.7. The maximum absolute atomic E-state index is 12.5. The molecule has 0 bridgehead atoms. The van der Waals surface area contributed by atoms with Crippen LogP contribution in [-0.2, 0) is 11.0 Å². The quantitative estimate of drug-likeness (QED) is 0.348.